The second-order valence-corrected chi connectivity index (χ2v) is 8.61. The molecule has 0 spiro atoms. The van der Waals surface area contributed by atoms with Crippen LogP contribution in [0.15, 0.2) is 78.9 Å². The van der Waals surface area contributed by atoms with Crippen molar-refractivity contribution in [3.63, 3.8) is 0 Å². The molecule has 1 atom stereocenters. The summed E-state index contributed by atoms with van der Waals surface area (Å²) in [6.45, 7) is 6.16. The van der Waals surface area contributed by atoms with Crippen molar-refractivity contribution < 1.29 is 0 Å². The van der Waals surface area contributed by atoms with Gasteiger partial charge in [0.15, 0.2) is 5.82 Å². The highest BCUT2D eigenvalue weighted by atomic mass is 35.5. The Kier molecular flexibility index (Phi) is 5.58. The number of halogens is 1. The van der Waals surface area contributed by atoms with Crippen LogP contribution in [0.2, 0.25) is 5.02 Å². The largest absolute Gasteiger partial charge is 0.352 e. The van der Waals surface area contributed by atoms with Gasteiger partial charge in [0.25, 0.3) is 0 Å². The van der Waals surface area contributed by atoms with Gasteiger partial charge in [-0.3, -0.25) is 4.90 Å². The Labute approximate surface area is 188 Å². The number of anilines is 1. The molecule has 1 saturated heterocycles. The standard InChI is InChI=1S/C26H25ClN4/c1-19-17-31(16-15-30(19)18-20-7-3-2-4-8-20)26-24-10-6-5-9-23(24)25(28-29-26)21-11-13-22(27)14-12-21/h2-14,19H,15-18H2,1H3/t19-/m0/s1. The van der Waals surface area contributed by atoms with E-state index in [1.54, 1.807) is 0 Å². The molecule has 0 unspecified atom stereocenters. The Morgan fingerprint density at radius 3 is 2.29 bits per heavy atom. The van der Waals surface area contributed by atoms with Crippen molar-refractivity contribution in [3.05, 3.63) is 89.4 Å². The molecule has 1 aliphatic rings. The van der Waals surface area contributed by atoms with Gasteiger partial charge < -0.3 is 4.90 Å². The highest BCUT2D eigenvalue weighted by molar-refractivity contribution is 6.30. The summed E-state index contributed by atoms with van der Waals surface area (Å²) in [5.74, 6) is 0.972. The molecule has 3 aromatic carbocycles. The summed E-state index contributed by atoms with van der Waals surface area (Å²) in [5.41, 5.74) is 3.29. The SMILES string of the molecule is C[C@H]1CN(c2nnc(-c3ccc(Cl)cc3)c3ccccc23)CCN1Cc1ccccc1. The normalized spacial score (nSPS) is 17.2. The lowest BCUT2D eigenvalue weighted by Gasteiger charge is -2.40. The number of hydrogen-bond donors (Lipinski definition) is 0. The highest BCUT2D eigenvalue weighted by Gasteiger charge is 2.26. The van der Waals surface area contributed by atoms with Crippen LogP contribution >= 0.6 is 11.6 Å². The predicted molar refractivity (Wildman–Crippen MR) is 129 cm³/mol. The molecule has 0 saturated carbocycles. The number of benzene rings is 3. The molecule has 4 nitrogen and oxygen atoms in total. The Bertz CT molecular complexity index is 1180. The van der Waals surface area contributed by atoms with E-state index in [0.717, 1.165) is 59.0 Å². The minimum absolute atomic E-state index is 0.436. The van der Waals surface area contributed by atoms with Gasteiger partial charge in [-0.1, -0.05) is 78.3 Å². The Balaban J connectivity index is 1.42. The first-order chi connectivity index (χ1) is 15.2. The van der Waals surface area contributed by atoms with Crippen molar-refractivity contribution in [2.75, 3.05) is 24.5 Å². The second-order valence-electron chi connectivity index (χ2n) is 8.18. The molecular formula is C26H25ClN4. The van der Waals surface area contributed by atoms with Crippen molar-refractivity contribution in [2.45, 2.75) is 19.5 Å². The van der Waals surface area contributed by atoms with E-state index in [1.165, 1.54) is 5.56 Å². The van der Waals surface area contributed by atoms with Gasteiger partial charge >= 0.3 is 0 Å². The van der Waals surface area contributed by atoms with Gasteiger partial charge in [0.1, 0.15) is 5.69 Å². The summed E-state index contributed by atoms with van der Waals surface area (Å²) in [6.07, 6.45) is 0. The predicted octanol–water partition coefficient (Wildman–Crippen LogP) is 5.66. The first-order valence-corrected chi connectivity index (χ1v) is 11.1. The second kappa shape index (κ2) is 8.66. The Hall–Kier alpha value is -2.95. The van der Waals surface area contributed by atoms with Crippen LogP contribution < -0.4 is 4.90 Å². The van der Waals surface area contributed by atoms with Crippen molar-refractivity contribution in [3.8, 4) is 11.3 Å². The van der Waals surface area contributed by atoms with Crippen molar-refractivity contribution in [1.29, 1.82) is 0 Å². The topological polar surface area (TPSA) is 32.3 Å². The van der Waals surface area contributed by atoms with Crippen LogP contribution in [-0.4, -0.2) is 40.8 Å². The third kappa shape index (κ3) is 4.14. The molecule has 5 heteroatoms. The quantitative estimate of drug-likeness (QED) is 0.419. The Morgan fingerprint density at radius 1 is 0.839 bits per heavy atom. The van der Waals surface area contributed by atoms with Crippen LogP contribution in [0.3, 0.4) is 0 Å². The summed E-state index contributed by atoms with van der Waals surface area (Å²) in [4.78, 5) is 4.93. The molecule has 0 radical (unpaired) electrons. The van der Waals surface area contributed by atoms with Crippen LogP contribution in [0.5, 0.6) is 0 Å². The molecule has 156 valence electrons. The third-order valence-corrected chi connectivity index (χ3v) is 6.33. The maximum atomic E-state index is 6.07. The molecule has 1 aromatic heterocycles. The van der Waals surface area contributed by atoms with Crippen molar-refractivity contribution in [1.82, 2.24) is 15.1 Å². The van der Waals surface area contributed by atoms with Crippen molar-refractivity contribution >= 4 is 28.2 Å². The molecule has 5 rings (SSSR count). The number of rotatable bonds is 4. The minimum Gasteiger partial charge on any atom is -0.352 e. The van der Waals surface area contributed by atoms with E-state index in [2.05, 4.69) is 76.4 Å². The average Bonchev–Trinajstić information content (AvgIpc) is 2.81. The zero-order valence-corrected chi connectivity index (χ0v) is 18.3. The fourth-order valence-electron chi connectivity index (χ4n) is 4.38. The maximum Gasteiger partial charge on any atom is 0.159 e. The fraction of sp³-hybridized carbons (Fsp3) is 0.231. The number of piperazine rings is 1. The summed E-state index contributed by atoms with van der Waals surface area (Å²) in [6, 6.07) is 27.4. The van der Waals surface area contributed by atoms with E-state index >= 15 is 0 Å². The number of hydrogen-bond acceptors (Lipinski definition) is 4. The van der Waals surface area contributed by atoms with Gasteiger partial charge in [-0.05, 0) is 24.6 Å². The molecule has 4 aromatic rings. The van der Waals surface area contributed by atoms with Gasteiger partial charge in [0, 0.05) is 53.6 Å². The van der Waals surface area contributed by atoms with Crippen LogP contribution in [0, 0.1) is 0 Å². The molecule has 2 heterocycles. The van der Waals surface area contributed by atoms with Crippen LogP contribution in [-0.2, 0) is 6.54 Å². The van der Waals surface area contributed by atoms with Gasteiger partial charge in [-0.15, -0.1) is 10.2 Å². The lowest BCUT2D eigenvalue weighted by atomic mass is 10.0. The summed E-state index contributed by atoms with van der Waals surface area (Å²) in [7, 11) is 0. The number of aromatic nitrogens is 2. The molecular weight excluding hydrogens is 404 g/mol. The molecule has 0 amide bonds. The smallest absolute Gasteiger partial charge is 0.159 e. The molecule has 31 heavy (non-hydrogen) atoms. The third-order valence-electron chi connectivity index (χ3n) is 6.08. The average molecular weight is 429 g/mol. The number of nitrogens with zero attached hydrogens (tertiary/aromatic N) is 4. The molecule has 0 bridgehead atoms. The lowest BCUT2D eigenvalue weighted by molar-refractivity contribution is 0.180. The monoisotopic (exact) mass is 428 g/mol. The van der Waals surface area contributed by atoms with E-state index in [4.69, 9.17) is 16.7 Å². The van der Waals surface area contributed by atoms with Gasteiger partial charge in [-0.2, -0.15) is 0 Å². The number of fused-ring (bicyclic) bond motifs is 1. The van der Waals surface area contributed by atoms with Gasteiger partial charge in [-0.25, -0.2) is 0 Å². The lowest BCUT2D eigenvalue weighted by Crippen LogP contribution is -2.51. The first-order valence-electron chi connectivity index (χ1n) is 10.7. The summed E-state index contributed by atoms with van der Waals surface area (Å²) >= 11 is 6.07. The van der Waals surface area contributed by atoms with Crippen LogP contribution in [0.1, 0.15) is 12.5 Å². The van der Waals surface area contributed by atoms with E-state index < -0.39 is 0 Å². The van der Waals surface area contributed by atoms with E-state index in [0.29, 0.717) is 6.04 Å². The Morgan fingerprint density at radius 2 is 1.55 bits per heavy atom. The minimum atomic E-state index is 0.436. The highest BCUT2D eigenvalue weighted by Crippen LogP contribution is 2.32. The van der Waals surface area contributed by atoms with Crippen LogP contribution in [0.25, 0.3) is 22.0 Å². The van der Waals surface area contributed by atoms with Gasteiger partial charge in [0.2, 0.25) is 0 Å². The summed E-state index contributed by atoms with van der Waals surface area (Å²) in [5, 5.41) is 12.3. The first kappa shape index (κ1) is 20.0. The van der Waals surface area contributed by atoms with E-state index in [1.807, 2.05) is 24.3 Å². The molecule has 0 aliphatic carbocycles. The summed E-state index contributed by atoms with van der Waals surface area (Å²) < 4.78 is 0. The maximum absolute atomic E-state index is 6.07. The zero-order chi connectivity index (χ0) is 21.2. The molecule has 1 aliphatic heterocycles. The van der Waals surface area contributed by atoms with Gasteiger partial charge in [0.05, 0.1) is 0 Å². The fourth-order valence-corrected chi connectivity index (χ4v) is 4.51. The zero-order valence-electron chi connectivity index (χ0n) is 17.6. The van der Waals surface area contributed by atoms with E-state index in [-0.39, 0.29) is 0 Å². The molecule has 0 N–H and O–H groups in total. The van der Waals surface area contributed by atoms with Crippen molar-refractivity contribution in [2.24, 2.45) is 0 Å². The van der Waals surface area contributed by atoms with E-state index in [9.17, 15) is 0 Å². The van der Waals surface area contributed by atoms with Crippen LogP contribution in [0.4, 0.5) is 5.82 Å². The molecule has 1 fully saturated rings.